The second-order valence-electron chi connectivity index (χ2n) is 9.27. The second kappa shape index (κ2) is 10.3. The number of benzene rings is 2. The van der Waals surface area contributed by atoms with Crippen molar-refractivity contribution in [1.29, 1.82) is 0 Å². The lowest BCUT2D eigenvalue weighted by molar-refractivity contribution is -0.139. The van der Waals surface area contributed by atoms with E-state index in [1.807, 2.05) is 35.9 Å². The predicted octanol–water partition coefficient (Wildman–Crippen LogP) is 4.28. The van der Waals surface area contributed by atoms with Gasteiger partial charge in [-0.05, 0) is 54.8 Å². The van der Waals surface area contributed by atoms with Crippen LogP contribution >= 0.6 is 0 Å². The highest BCUT2D eigenvalue weighted by Gasteiger charge is 2.45. The summed E-state index contributed by atoms with van der Waals surface area (Å²) in [4.78, 5) is 32.1. The minimum absolute atomic E-state index is 0.0512. The van der Waals surface area contributed by atoms with Crippen LogP contribution in [-0.2, 0) is 22.6 Å². The molecule has 0 unspecified atom stereocenters. The Labute approximate surface area is 215 Å². The molecule has 0 aliphatic carbocycles. The lowest BCUT2D eigenvalue weighted by Gasteiger charge is -2.25. The van der Waals surface area contributed by atoms with E-state index in [0.29, 0.717) is 49.4 Å². The van der Waals surface area contributed by atoms with Crippen LogP contribution in [-0.4, -0.2) is 50.5 Å². The van der Waals surface area contributed by atoms with Gasteiger partial charge in [0.15, 0.2) is 0 Å². The van der Waals surface area contributed by atoms with E-state index in [1.54, 1.807) is 47.8 Å². The summed E-state index contributed by atoms with van der Waals surface area (Å²) in [7, 11) is 0. The number of nitrogens with zero attached hydrogens (tertiary/aromatic N) is 3. The molecular weight excluding hydrogens is 470 g/mol. The van der Waals surface area contributed by atoms with Crippen molar-refractivity contribution in [3.63, 3.8) is 0 Å². The number of imidazole rings is 1. The van der Waals surface area contributed by atoms with Crippen LogP contribution in [0.5, 0.6) is 11.5 Å². The van der Waals surface area contributed by atoms with Gasteiger partial charge in [0.25, 0.3) is 11.7 Å². The average Bonchev–Trinajstić information content (AvgIpc) is 3.61. The van der Waals surface area contributed by atoms with Crippen LogP contribution in [0.2, 0.25) is 0 Å². The molecule has 5 rings (SSSR count). The van der Waals surface area contributed by atoms with E-state index in [9.17, 15) is 14.7 Å². The monoisotopic (exact) mass is 499 g/mol. The number of fused-ring (bicyclic) bond motifs is 1. The van der Waals surface area contributed by atoms with Gasteiger partial charge in [0.1, 0.15) is 30.0 Å². The van der Waals surface area contributed by atoms with Gasteiger partial charge in [0.2, 0.25) is 0 Å². The van der Waals surface area contributed by atoms with Crippen molar-refractivity contribution in [3.8, 4) is 11.5 Å². The number of ether oxygens (including phenoxy) is 2. The average molecular weight is 500 g/mol. The summed E-state index contributed by atoms with van der Waals surface area (Å²) in [6.45, 7) is 7.00. The van der Waals surface area contributed by atoms with Crippen LogP contribution in [0.1, 0.15) is 36.1 Å². The van der Waals surface area contributed by atoms with Gasteiger partial charge in [-0.1, -0.05) is 24.8 Å². The third kappa shape index (κ3) is 4.87. The van der Waals surface area contributed by atoms with Crippen LogP contribution in [0.25, 0.3) is 5.76 Å². The Bertz CT molecular complexity index is 1340. The van der Waals surface area contributed by atoms with Crippen LogP contribution in [0.4, 0.5) is 0 Å². The molecule has 2 atom stereocenters. The number of aryl methyl sites for hydroxylation is 1. The first-order chi connectivity index (χ1) is 18.0. The van der Waals surface area contributed by atoms with Gasteiger partial charge in [-0.3, -0.25) is 9.59 Å². The van der Waals surface area contributed by atoms with E-state index in [1.165, 1.54) is 0 Å². The highest BCUT2D eigenvalue weighted by molar-refractivity contribution is 6.46. The van der Waals surface area contributed by atoms with Gasteiger partial charge in [-0.15, -0.1) is 0 Å². The van der Waals surface area contributed by atoms with E-state index >= 15 is 0 Å². The summed E-state index contributed by atoms with van der Waals surface area (Å²) in [5.74, 6) is -0.0802. The fraction of sp³-hybridized carbons (Fsp3) is 0.276. The van der Waals surface area contributed by atoms with Gasteiger partial charge in [0.05, 0.1) is 17.9 Å². The highest BCUT2D eigenvalue weighted by Crippen LogP contribution is 2.41. The zero-order valence-electron chi connectivity index (χ0n) is 20.7. The molecule has 2 aliphatic heterocycles. The normalized spacial score (nSPS) is 20.1. The molecule has 0 radical (unpaired) electrons. The van der Waals surface area contributed by atoms with E-state index in [0.717, 1.165) is 11.3 Å². The Kier molecular flexibility index (Phi) is 6.81. The summed E-state index contributed by atoms with van der Waals surface area (Å²) in [6, 6.07) is 11.9. The molecule has 0 spiro atoms. The minimum atomic E-state index is -0.723. The quantitative estimate of drug-likeness (QED) is 0.204. The highest BCUT2D eigenvalue weighted by atomic mass is 16.5. The summed E-state index contributed by atoms with van der Waals surface area (Å²) in [5.41, 5.74) is 2.25. The first-order valence-corrected chi connectivity index (χ1v) is 12.3. The Morgan fingerprint density at radius 2 is 2.03 bits per heavy atom. The number of aliphatic hydroxyl groups is 1. The number of carbonyl (C=O) groups is 2. The van der Waals surface area contributed by atoms with Gasteiger partial charge in [-0.25, -0.2) is 4.98 Å². The van der Waals surface area contributed by atoms with Crippen LogP contribution in [0.3, 0.4) is 0 Å². The maximum Gasteiger partial charge on any atom is 0.295 e. The molecule has 1 N–H and O–H groups in total. The second-order valence-corrected chi connectivity index (χ2v) is 9.27. The molecule has 0 saturated carbocycles. The number of carbonyl (C=O) groups excluding carboxylic acids is 2. The number of hydrogen-bond donors (Lipinski definition) is 1. The van der Waals surface area contributed by atoms with Crippen molar-refractivity contribution in [3.05, 3.63) is 96.1 Å². The Balaban J connectivity index is 1.51. The molecule has 1 amide bonds. The molecule has 0 bridgehead atoms. The molecule has 1 aromatic heterocycles. The maximum atomic E-state index is 13.3. The van der Waals surface area contributed by atoms with Gasteiger partial charge >= 0.3 is 0 Å². The molecule has 1 saturated heterocycles. The molecule has 3 aromatic rings. The molecule has 8 nitrogen and oxygen atoms in total. The number of aliphatic hydroxyl groups excluding tert-OH is 1. The number of Topliss-reactive ketones (excluding diaryl/α,β-unsaturated/α-hetero) is 1. The van der Waals surface area contributed by atoms with Gasteiger partial charge in [0, 0.05) is 37.5 Å². The van der Waals surface area contributed by atoms with Crippen LogP contribution < -0.4 is 9.47 Å². The zero-order chi connectivity index (χ0) is 25.9. The smallest absolute Gasteiger partial charge is 0.295 e. The lowest BCUT2D eigenvalue weighted by Crippen LogP contribution is -2.31. The molecule has 1 fully saturated rings. The first kappa shape index (κ1) is 24.4. The largest absolute Gasteiger partial charge is 0.507 e. The van der Waals surface area contributed by atoms with Crippen molar-refractivity contribution in [1.82, 2.24) is 14.5 Å². The molecule has 37 heavy (non-hydrogen) atoms. The van der Waals surface area contributed by atoms with Crippen molar-refractivity contribution >= 4 is 17.4 Å². The zero-order valence-corrected chi connectivity index (χ0v) is 20.7. The molecule has 8 heteroatoms. The number of ketones is 1. The standard InChI is InChI=1S/C29H29N3O5/c1-3-15-36-23-8-5-20(6-9-23)26-25(27(33)21-7-10-24-22(17-21)16-19(2)37-24)28(34)29(35)32(26)13-4-12-31-14-11-30-18-31/h3,5-11,14,17-19,26,33H,1,4,12-13,15-16H2,2H3/t19-,26+/m0/s1. The van der Waals surface area contributed by atoms with Crippen molar-refractivity contribution < 1.29 is 24.2 Å². The summed E-state index contributed by atoms with van der Waals surface area (Å²) in [5, 5.41) is 11.4. The van der Waals surface area contributed by atoms with Crippen molar-refractivity contribution in [2.45, 2.75) is 38.5 Å². The number of likely N-dealkylation sites (tertiary alicyclic amines) is 1. The van der Waals surface area contributed by atoms with Crippen LogP contribution in [0, 0.1) is 0 Å². The summed E-state index contributed by atoms with van der Waals surface area (Å²) in [6.07, 6.45) is 8.31. The topological polar surface area (TPSA) is 93.9 Å². The third-order valence-corrected chi connectivity index (χ3v) is 6.65. The van der Waals surface area contributed by atoms with E-state index < -0.39 is 17.7 Å². The van der Waals surface area contributed by atoms with Gasteiger partial charge < -0.3 is 24.0 Å². The van der Waals surface area contributed by atoms with Gasteiger partial charge in [-0.2, -0.15) is 0 Å². The fourth-order valence-corrected chi connectivity index (χ4v) is 4.93. The van der Waals surface area contributed by atoms with Crippen LogP contribution in [0.15, 0.2) is 79.4 Å². The molecular formula is C29H29N3O5. The van der Waals surface area contributed by atoms with E-state index in [2.05, 4.69) is 11.6 Å². The summed E-state index contributed by atoms with van der Waals surface area (Å²) >= 11 is 0. The molecule has 3 heterocycles. The SMILES string of the molecule is C=CCOc1ccc([C@@H]2C(=C(O)c3ccc4c(c3)C[C@H](C)O4)C(=O)C(=O)N2CCCn2ccnc2)cc1. The minimum Gasteiger partial charge on any atom is -0.507 e. The fourth-order valence-electron chi connectivity index (χ4n) is 4.93. The Morgan fingerprint density at radius 3 is 2.76 bits per heavy atom. The number of aromatic nitrogens is 2. The van der Waals surface area contributed by atoms with Crippen molar-refractivity contribution in [2.24, 2.45) is 0 Å². The molecule has 2 aliphatic rings. The number of rotatable bonds is 9. The van der Waals surface area contributed by atoms with Crippen molar-refractivity contribution in [2.75, 3.05) is 13.2 Å². The maximum absolute atomic E-state index is 13.3. The lowest BCUT2D eigenvalue weighted by atomic mass is 9.94. The molecule has 190 valence electrons. The number of hydrogen-bond acceptors (Lipinski definition) is 6. The number of amides is 1. The Hall–Kier alpha value is -4.33. The third-order valence-electron chi connectivity index (χ3n) is 6.65. The van der Waals surface area contributed by atoms with E-state index in [4.69, 9.17) is 9.47 Å². The molecule has 2 aromatic carbocycles. The predicted molar refractivity (Wildman–Crippen MR) is 138 cm³/mol. The van der Waals surface area contributed by atoms with E-state index in [-0.39, 0.29) is 17.4 Å². The first-order valence-electron chi connectivity index (χ1n) is 12.3. The summed E-state index contributed by atoms with van der Waals surface area (Å²) < 4.78 is 13.3. The Morgan fingerprint density at radius 1 is 1.22 bits per heavy atom.